The molecule has 0 saturated carbocycles. The van der Waals surface area contributed by atoms with Gasteiger partial charge in [0, 0.05) is 61.8 Å². The van der Waals surface area contributed by atoms with E-state index in [2.05, 4.69) is 46.8 Å². The molecule has 1 amide bonds. The van der Waals surface area contributed by atoms with Crippen LogP contribution in [0.2, 0.25) is 0 Å². The zero-order valence-corrected chi connectivity index (χ0v) is 29.5. The summed E-state index contributed by atoms with van der Waals surface area (Å²) in [4.78, 5) is 37.7. The molecule has 0 radical (unpaired) electrons. The number of aryl methyl sites for hydroxylation is 1. The molecule has 0 aromatic carbocycles. The Bertz CT molecular complexity index is 1800. The van der Waals surface area contributed by atoms with Crippen molar-refractivity contribution in [3.05, 3.63) is 39.1 Å². The van der Waals surface area contributed by atoms with E-state index in [9.17, 15) is 10.1 Å². The Kier molecular flexibility index (Phi) is 8.10. The van der Waals surface area contributed by atoms with Crippen LogP contribution in [-0.4, -0.2) is 101 Å². The summed E-state index contributed by atoms with van der Waals surface area (Å²) >= 11 is 1.49. The van der Waals surface area contributed by atoms with E-state index < -0.39 is 11.0 Å². The highest BCUT2D eigenvalue weighted by Crippen LogP contribution is 2.48. The van der Waals surface area contributed by atoms with Crippen molar-refractivity contribution in [3.8, 4) is 17.6 Å². The molecule has 1 fully saturated rings. The minimum Gasteiger partial charge on any atom is -0.444 e. The molecule has 0 bridgehead atoms. The number of rotatable bonds is 4. The first kappa shape index (κ1) is 32.3. The van der Waals surface area contributed by atoms with Crippen LogP contribution in [0.3, 0.4) is 0 Å². The van der Waals surface area contributed by atoms with Crippen molar-refractivity contribution >= 4 is 34.2 Å². The van der Waals surface area contributed by atoms with Gasteiger partial charge in [-0.15, -0.1) is 11.3 Å². The highest BCUT2D eigenvalue weighted by Gasteiger charge is 2.43. The maximum Gasteiger partial charge on any atom is 0.410 e. The van der Waals surface area contributed by atoms with E-state index in [0.717, 1.165) is 61.6 Å². The average Bonchev–Trinajstić information content (AvgIpc) is 3.79. The normalized spacial score (nSPS) is 23.3. The second-order valence-corrected chi connectivity index (χ2v) is 16.0. The molecule has 2 N–H and O–H groups in total. The lowest BCUT2D eigenvalue weighted by Gasteiger charge is -2.30. The Morgan fingerprint density at radius 2 is 1.90 bits per heavy atom. The van der Waals surface area contributed by atoms with Crippen LogP contribution in [-0.2, 0) is 16.6 Å². The topological polar surface area (TPSA) is 154 Å². The first-order valence-corrected chi connectivity index (χ1v) is 17.6. The summed E-state index contributed by atoms with van der Waals surface area (Å²) in [5.41, 5.74) is 9.57. The average molecular weight is 673 g/mol. The summed E-state index contributed by atoms with van der Waals surface area (Å²) in [5, 5.41) is 15.0. The summed E-state index contributed by atoms with van der Waals surface area (Å²) in [6.07, 6.45) is 3.31. The van der Waals surface area contributed by atoms with E-state index >= 15 is 0 Å². The standard InChI is InChI=1S/C34H44N10O3S/c1-20-15-41(6)11-8-12-44(20)31-37-24(13-26(38-31)42-16-21-18-43(19-22(21)17-42)32(45)46-33(2,3)4)29-39-30(47-40-29)34(5)10-7-9-25-27(34)23(14-35)28(36)48-25/h13,20H,7-12,15-19,36H2,1-6H3/t20-,34-/m0/s1. The SMILES string of the molecule is C[C@H]1CN(C)CCCN1c1nc(-c2noc([C@@]3(C)CCCc4sc(N)c(C#N)c43)n2)cc(N2CC3=C(CN(C(=O)OC(C)(C)C)C3)C2)n1. The van der Waals surface area contributed by atoms with Gasteiger partial charge in [-0.3, -0.25) is 0 Å². The van der Waals surface area contributed by atoms with Gasteiger partial charge in [0.2, 0.25) is 17.7 Å². The highest BCUT2D eigenvalue weighted by molar-refractivity contribution is 7.16. The number of carbonyl (C=O) groups is 1. The Balaban J connectivity index is 1.21. The van der Waals surface area contributed by atoms with Crippen molar-refractivity contribution in [3.63, 3.8) is 0 Å². The number of carbonyl (C=O) groups excluding carboxylic acids is 1. The predicted molar refractivity (Wildman–Crippen MR) is 184 cm³/mol. The van der Waals surface area contributed by atoms with E-state index in [1.807, 2.05) is 26.8 Å². The third-order valence-electron chi connectivity index (χ3n) is 9.89. The van der Waals surface area contributed by atoms with Gasteiger partial charge in [0.25, 0.3) is 0 Å². The summed E-state index contributed by atoms with van der Waals surface area (Å²) in [6.45, 7) is 15.1. The fourth-order valence-corrected chi connectivity index (χ4v) is 8.75. The first-order valence-electron chi connectivity index (χ1n) is 16.8. The molecule has 1 saturated heterocycles. The Hall–Kier alpha value is -4.22. The van der Waals surface area contributed by atoms with Crippen molar-refractivity contribution in [2.24, 2.45) is 0 Å². The summed E-state index contributed by atoms with van der Waals surface area (Å²) in [7, 11) is 2.15. The van der Waals surface area contributed by atoms with Gasteiger partial charge in [0.05, 0.1) is 11.0 Å². The smallest absolute Gasteiger partial charge is 0.410 e. The van der Waals surface area contributed by atoms with E-state index in [0.29, 0.717) is 60.1 Å². The quantitative estimate of drug-likeness (QED) is 0.386. The fourth-order valence-electron chi connectivity index (χ4n) is 7.56. The molecule has 2 atom stereocenters. The van der Waals surface area contributed by atoms with Gasteiger partial charge in [0.1, 0.15) is 28.2 Å². The van der Waals surface area contributed by atoms with Gasteiger partial charge in [0.15, 0.2) is 0 Å². The summed E-state index contributed by atoms with van der Waals surface area (Å²) < 4.78 is 11.6. The maximum absolute atomic E-state index is 12.8. The molecule has 3 aromatic rings. The van der Waals surface area contributed by atoms with Crippen LogP contribution in [0.15, 0.2) is 21.7 Å². The minimum absolute atomic E-state index is 0.207. The number of amides is 1. The van der Waals surface area contributed by atoms with Crippen molar-refractivity contribution in [2.45, 2.75) is 77.4 Å². The third kappa shape index (κ3) is 5.87. The molecule has 0 unspecified atom stereocenters. The number of nitriles is 1. The number of nitrogen functional groups attached to an aromatic ring is 1. The molecule has 13 nitrogen and oxygen atoms in total. The second kappa shape index (κ2) is 12.0. The first-order chi connectivity index (χ1) is 22.8. The zero-order chi connectivity index (χ0) is 34.0. The van der Waals surface area contributed by atoms with Crippen LogP contribution < -0.4 is 15.5 Å². The van der Waals surface area contributed by atoms with Crippen LogP contribution in [0.5, 0.6) is 0 Å². The number of aromatic nitrogens is 4. The number of hydrogen-bond donors (Lipinski definition) is 1. The van der Waals surface area contributed by atoms with Crippen molar-refractivity contribution in [1.82, 2.24) is 29.9 Å². The van der Waals surface area contributed by atoms with Crippen molar-refractivity contribution < 1.29 is 14.1 Å². The van der Waals surface area contributed by atoms with Gasteiger partial charge >= 0.3 is 6.09 Å². The van der Waals surface area contributed by atoms with Gasteiger partial charge in [-0.05, 0) is 85.0 Å². The molecule has 3 aliphatic heterocycles. The highest BCUT2D eigenvalue weighted by atomic mass is 32.1. The van der Waals surface area contributed by atoms with E-state index in [1.54, 1.807) is 4.90 Å². The Morgan fingerprint density at radius 1 is 1.15 bits per heavy atom. The molecule has 14 heteroatoms. The molecular weight excluding hydrogens is 629 g/mol. The van der Waals surface area contributed by atoms with Crippen LogP contribution in [0.25, 0.3) is 11.5 Å². The molecule has 6 heterocycles. The fraction of sp³-hybridized carbons (Fsp3) is 0.588. The van der Waals surface area contributed by atoms with Crippen LogP contribution in [0.4, 0.5) is 21.6 Å². The minimum atomic E-state index is -0.625. The van der Waals surface area contributed by atoms with Crippen LogP contribution >= 0.6 is 11.3 Å². The lowest BCUT2D eigenvalue weighted by atomic mass is 9.72. The summed E-state index contributed by atoms with van der Waals surface area (Å²) in [6, 6.07) is 4.47. The number of likely N-dealkylation sites (N-methyl/N-ethyl adjacent to an activating group) is 1. The van der Waals surface area contributed by atoms with Crippen LogP contribution in [0.1, 0.15) is 75.8 Å². The monoisotopic (exact) mass is 672 g/mol. The Morgan fingerprint density at radius 3 is 2.60 bits per heavy atom. The van der Waals surface area contributed by atoms with Crippen LogP contribution in [0, 0.1) is 11.3 Å². The van der Waals surface area contributed by atoms with E-state index in [4.69, 9.17) is 29.9 Å². The molecule has 254 valence electrons. The summed E-state index contributed by atoms with van der Waals surface area (Å²) in [5.74, 6) is 2.28. The Labute approximate surface area is 285 Å². The number of thiophene rings is 1. The predicted octanol–water partition coefficient (Wildman–Crippen LogP) is 4.58. The number of nitrogens with two attached hydrogens (primary N) is 1. The number of fused-ring (bicyclic) bond motifs is 1. The second-order valence-electron chi connectivity index (χ2n) is 14.8. The lowest BCUT2D eigenvalue weighted by Crippen LogP contribution is -2.39. The third-order valence-corrected chi connectivity index (χ3v) is 11.0. The molecule has 1 aliphatic carbocycles. The largest absolute Gasteiger partial charge is 0.444 e. The number of hydrogen-bond acceptors (Lipinski definition) is 13. The number of anilines is 3. The molecule has 0 spiro atoms. The number of ether oxygens (including phenoxy) is 1. The molecule has 3 aromatic heterocycles. The van der Waals surface area contributed by atoms with Gasteiger partial charge in [-0.25, -0.2) is 9.78 Å². The van der Waals surface area contributed by atoms with Crippen molar-refractivity contribution in [1.29, 1.82) is 5.26 Å². The molecule has 48 heavy (non-hydrogen) atoms. The van der Waals surface area contributed by atoms with Gasteiger partial charge < -0.3 is 34.6 Å². The van der Waals surface area contributed by atoms with Crippen molar-refractivity contribution in [2.75, 3.05) is 68.4 Å². The lowest BCUT2D eigenvalue weighted by molar-refractivity contribution is 0.0297. The molecule has 4 aliphatic rings. The molecular formula is C34H44N10O3S. The van der Waals surface area contributed by atoms with E-state index in [-0.39, 0.29) is 12.1 Å². The maximum atomic E-state index is 12.8. The molecule has 7 rings (SSSR count). The number of nitrogens with zero attached hydrogens (tertiary/aromatic N) is 9. The zero-order valence-electron chi connectivity index (χ0n) is 28.7. The van der Waals surface area contributed by atoms with Gasteiger partial charge in [-0.1, -0.05) is 5.16 Å². The van der Waals surface area contributed by atoms with E-state index in [1.165, 1.54) is 22.5 Å². The van der Waals surface area contributed by atoms with Gasteiger partial charge in [-0.2, -0.15) is 15.2 Å².